The Hall–Kier alpha value is -1.79. The molecule has 0 heterocycles. The number of carbonyl (C=O) groups is 1. The molecule has 102 valence electrons. The maximum atomic E-state index is 11.9. The van der Waals surface area contributed by atoms with Crippen molar-refractivity contribution in [3.8, 4) is 11.8 Å². The van der Waals surface area contributed by atoms with Crippen molar-refractivity contribution in [1.82, 2.24) is 0 Å². The van der Waals surface area contributed by atoms with Gasteiger partial charge in [-0.1, -0.05) is 32.1 Å². The highest BCUT2D eigenvalue weighted by Crippen LogP contribution is 2.16. The van der Waals surface area contributed by atoms with E-state index in [4.69, 9.17) is 5.11 Å². The van der Waals surface area contributed by atoms with Gasteiger partial charge in [-0.25, -0.2) is 0 Å². The summed E-state index contributed by atoms with van der Waals surface area (Å²) in [5.41, 5.74) is 2.65. The number of hydrogen-bond donors (Lipinski definition) is 2. The van der Waals surface area contributed by atoms with Gasteiger partial charge in [-0.3, -0.25) is 4.79 Å². The summed E-state index contributed by atoms with van der Waals surface area (Å²) >= 11 is 0. The highest BCUT2D eigenvalue weighted by molar-refractivity contribution is 5.92. The summed E-state index contributed by atoms with van der Waals surface area (Å²) in [6.07, 6.45) is 1.90. The minimum atomic E-state index is -0.146. The molecule has 0 fully saturated rings. The monoisotopic (exact) mass is 259 g/mol. The second kappa shape index (κ2) is 7.60. The Bertz CT molecular complexity index is 497. The topological polar surface area (TPSA) is 49.3 Å². The normalized spacial score (nSPS) is 11.4. The smallest absolute Gasteiger partial charge is 0.227 e. The van der Waals surface area contributed by atoms with Crippen molar-refractivity contribution < 1.29 is 9.90 Å². The summed E-state index contributed by atoms with van der Waals surface area (Å²) in [5.74, 6) is 5.57. The van der Waals surface area contributed by atoms with Gasteiger partial charge in [-0.15, -0.1) is 0 Å². The molecule has 1 unspecified atom stereocenters. The molecule has 3 heteroatoms. The summed E-state index contributed by atoms with van der Waals surface area (Å²) in [4.78, 5) is 11.9. The highest BCUT2D eigenvalue weighted by atomic mass is 16.2. The molecule has 1 atom stereocenters. The molecule has 0 aliphatic rings. The Labute approximate surface area is 115 Å². The Morgan fingerprint density at radius 2 is 2.21 bits per heavy atom. The third kappa shape index (κ3) is 4.76. The number of hydrogen-bond acceptors (Lipinski definition) is 2. The lowest BCUT2D eigenvalue weighted by molar-refractivity contribution is -0.119. The first-order chi connectivity index (χ1) is 9.08. The van der Waals surface area contributed by atoms with E-state index in [1.54, 1.807) is 0 Å². The fourth-order valence-electron chi connectivity index (χ4n) is 1.85. The van der Waals surface area contributed by atoms with Crippen LogP contribution in [0.2, 0.25) is 0 Å². The zero-order chi connectivity index (χ0) is 14.3. The molecule has 0 aromatic heterocycles. The summed E-state index contributed by atoms with van der Waals surface area (Å²) in [5, 5.41) is 11.6. The third-order valence-corrected chi connectivity index (χ3v) is 2.97. The van der Waals surface area contributed by atoms with Crippen LogP contribution in [0.1, 0.15) is 37.8 Å². The molecule has 0 spiro atoms. The molecular formula is C16H21NO2. The lowest BCUT2D eigenvalue weighted by atomic mass is 10.0. The van der Waals surface area contributed by atoms with Crippen LogP contribution in [0.4, 0.5) is 5.69 Å². The molecule has 1 amide bonds. The van der Waals surface area contributed by atoms with Crippen molar-refractivity contribution >= 4 is 11.6 Å². The van der Waals surface area contributed by atoms with Crippen LogP contribution in [0, 0.1) is 24.7 Å². The van der Waals surface area contributed by atoms with Crippen LogP contribution in [0.5, 0.6) is 0 Å². The van der Waals surface area contributed by atoms with E-state index in [-0.39, 0.29) is 18.4 Å². The van der Waals surface area contributed by atoms with Crippen molar-refractivity contribution in [2.45, 2.75) is 33.6 Å². The zero-order valence-electron chi connectivity index (χ0n) is 11.8. The number of nitrogens with one attached hydrogen (secondary N) is 1. The third-order valence-electron chi connectivity index (χ3n) is 2.97. The molecule has 0 aliphatic heterocycles. The molecule has 1 aromatic carbocycles. The van der Waals surface area contributed by atoms with Crippen LogP contribution in [-0.4, -0.2) is 17.6 Å². The maximum Gasteiger partial charge on any atom is 0.227 e. The second-order valence-corrected chi connectivity index (χ2v) is 4.67. The summed E-state index contributed by atoms with van der Waals surface area (Å²) in [6.45, 7) is 5.80. The van der Waals surface area contributed by atoms with Gasteiger partial charge in [0.15, 0.2) is 0 Å². The van der Waals surface area contributed by atoms with E-state index in [1.165, 1.54) is 0 Å². The Morgan fingerprint density at radius 1 is 1.47 bits per heavy atom. The summed E-state index contributed by atoms with van der Waals surface area (Å²) in [7, 11) is 0. The minimum absolute atomic E-state index is 0.0270. The summed E-state index contributed by atoms with van der Waals surface area (Å²) < 4.78 is 0. The van der Waals surface area contributed by atoms with Gasteiger partial charge in [0.25, 0.3) is 0 Å². The van der Waals surface area contributed by atoms with Gasteiger partial charge < -0.3 is 10.4 Å². The standard InChI is InChI=1S/C16H21NO2/c1-4-6-12(2)16(19)17-15-9-8-14(7-5-10-18)13(3)11-15/h8-9,11-12,18H,4,6,10H2,1-3H3,(H,17,19). The number of carbonyl (C=O) groups excluding carboxylic acids is 1. The predicted molar refractivity (Wildman–Crippen MR) is 77.8 cm³/mol. The fraction of sp³-hybridized carbons (Fsp3) is 0.438. The molecular weight excluding hydrogens is 238 g/mol. The van der Waals surface area contributed by atoms with Gasteiger partial charge in [0, 0.05) is 17.2 Å². The molecule has 0 aliphatic carbocycles. The van der Waals surface area contributed by atoms with Gasteiger partial charge in [0.2, 0.25) is 5.91 Å². The van der Waals surface area contributed by atoms with Crippen molar-refractivity contribution in [1.29, 1.82) is 0 Å². The zero-order valence-corrected chi connectivity index (χ0v) is 11.8. The Kier molecular flexibility index (Phi) is 6.11. The number of rotatable bonds is 4. The molecule has 0 radical (unpaired) electrons. The van der Waals surface area contributed by atoms with Gasteiger partial charge in [-0.2, -0.15) is 0 Å². The van der Waals surface area contributed by atoms with Crippen LogP contribution in [-0.2, 0) is 4.79 Å². The number of aryl methyl sites for hydroxylation is 1. The van der Waals surface area contributed by atoms with E-state index >= 15 is 0 Å². The quantitative estimate of drug-likeness (QED) is 0.817. The lowest BCUT2D eigenvalue weighted by Gasteiger charge is -2.12. The van der Waals surface area contributed by atoms with Crippen LogP contribution in [0.25, 0.3) is 0 Å². The number of anilines is 1. The van der Waals surface area contributed by atoms with Gasteiger partial charge in [0.05, 0.1) is 0 Å². The molecule has 0 saturated carbocycles. The van der Waals surface area contributed by atoms with Gasteiger partial charge in [0.1, 0.15) is 6.61 Å². The number of aliphatic hydroxyl groups excluding tert-OH is 1. The predicted octanol–water partition coefficient (Wildman–Crippen LogP) is 2.71. The first kappa shape index (κ1) is 15.3. The van der Waals surface area contributed by atoms with Crippen molar-refractivity contribution in [2.24, 2.45) is 5.92 Å². The number of amides is 1. The van der Waals surface area contributed by atoms with Crippen LogP contribution < -0.4 is 5.32 Å². The van der Waals surface area contributed by atoms with E-state index in [0.717, 1.165) is 29.7 Å². The molecule has 1 rings (SSSR count). The number of benzene rings is 1. The van der Waals surface area contributed by atoms with Crippen LogP contribution in [0.15, 0.2) is 18.2 Å². The molecule has 2 N–H and O–H groups in total. The summed E-state index contributed by atoms with van der Waals surface area (Å²) in [6, 6.07) is 5.60. The van der Waals surface area contributed by atoms with E-state index in [1.807, 2.05) is 32.0 Å². The van der Waals surface area contributed by atoms with Crippen LogP contribution in [0.3, 0.4) is 0 Å². The highest BCUT2D eigenvalue weighted by Gasteiger charge is 2.11. The van der Waals surface area contributed by atoms with Crippen LogP contribution >= 0.6 is 0 Å². The molecule has 19 heavy (non-hydrogen) atoms. The van der Waals surface area contributed by atoms with Crippen molar-refractivity contribution in [3.63, 3.8) is 0 Å². The molecule has 0 saturated heterocycles. The fourth-order valence-corrected chi connectivity index (χ4v) is 1.85. The van der Waals surface area contributed by atoms with E-state index < -0.39 is 0 Å². The molecule has 3 nitrogen and oxygen atoms in total. The maximum absolute atomic E-state index is 11.9. The van der Waals surface area contributed by atoms with E-state index in [9.17, 15) is 4.79 Å². The average molecular weight is 259 g/mol. The first-order valence-corrected chi connectivity index (χ1v) is 6.59. The lowest BCUT2D eigenvalue weighted by Crippen LogP contribution is -2.20. The van der Waals surface area contributed by atoms with Crippen molar-refractivity contribution in [3.05, 3.63) is 29.3 Å². The second-order valence-electron chi connectivity index (χ2n) is 4.67. The van der Waals surface area contributed by atoms with E-state index in [0.29, 0.717) is 0 Å². The largest absolute Gasteiger partial charge is 0.384 e. The minimum Gasteiger partial charge on any atom is -0.384 e. The Balaban J connectivity index is 2.76. The van der Waals surface area contributed by atoms with E-state index in [2.05, 4.69) is 24.1 Å². The average Bonchev–Trinajstić information content (AvgIpc) is 2.38. The molecule has 0 bridgehead atoms. The SMILES string of the molecule is CCCC(C)C(=O)Nc1ccc(C#CCO)c(C)c1. The molecule has 1 aromatic rings. The van der Waals surface area contributed by atoms with Gasteiger partial charge >= 0.3 is 0 Å². The van der Waals surface area contributed by atoms with Gasteiger partial charge in [-0.05, 0) is 37.1 Å². The van der Waals surface area contributed by atoms with Crippen molar-refractivity contribution in [2.75, 3.05) is 11.9 Å². The first-order valence-electron chi connectivity index (χ1n) is 6.59. The Morgan fingerprint density at radius 3 is 2.79 bits per heavy atom. The number of aliphatic hydroxyl groups is 1.